The Morgan fingerprint density at radius 3 is 2.35 bits per heavy atom. The maximum Gasteiger partial charge on any atom is 0.305 e. The van der Waals surface area contributed by atoms with Gasteiger partial charge in [-0.15, -0.1) is 0 Å². The fourth-order valence-corrected chi connectivity index (χ4v) is 2.41. The average molecular weight is 295 g/mol. The van der Waals surface area contributed by atoms with E-state index in [1.807, 2.05) is 43.0 Å². The zero-order valence-electron chi connectivity index (χ0n) is 12.0. The molecular weight excluding hydrogens is 274 g/mol. The molecule has 20 heavy (non-hydrogen) atoms. The highest BCUT2D eigenvalue weighted by Gasteiger charge is 2.14. The summed E-state index contributed by atoms with van der Waals surface area (Å²) in [5.41, 5.74) is 1.81. The largest absolute Gasteiger partial charge is 0.481 e. The van der Waals surface area contributed by atoms with Crippen molar-refractivity contribution in [1.82, 2.24) is 4.90 Å². The van der Waals surface area contributed by atoms with Crippen LogP contribution >= 0.6 is 11.8 Å². The quantitative estimate of drug-likeness (QED) is 0.801. The normalized spacial score (nSPS) is 10.3. The number of aliphatic carboxylic acids is 1. The predicted molar refractivity (Wildman–Crippen MR) is 82.1 cm³/mol. The van der Waals surface area contributed by atoms with Crippen LogP contribution in [-0.4, -0.2) is 40.7 Å². The molecule has 0 radical (unpaired) electrons. The van der Waals surface area contributed by atoms with Crippen LogP contribution in [0.2, 0.25) is 0 Å². The van der Waals surface area contributed by atoms with Crippen molar-refractivity contribution in [3.8, 4) is 0 Å². The molecular formula is C15H21NO3S. The van der Waals surface area contributed by atoms with E-state index in [0.717, 1.165) is 11.5 Å². The van der Waals surface area contributed by atoms with Crippen LogP contribution in [-0.2, 0) is 10.5 Å². The molecule has 0 saturated carbocycles. The van der Waals surface area contributed by atoms with Crippen molar-refractivity contribution >= 4 is 23.6 Å². The summed E-state index contributed by atoms with van der Waals surface area (Å²) in [6.45, 7) is 4.73. The molecule has 1 N–H and O–H groups in total. The molecule has 0 heterocycles. The molecule has 0 saturated heterocycles. The lowest BCUT2D eigenvalue weighted by atomic mass is 10.1. The number of benzene rings is 1. The molecule has 1 aromatic carbocycles. The Bertz CT molecular complexity index is 445. The van der Waals surface area contributed by atoms with Crippen molar-refractivity contribution in [2.24, 2.45) is 0 Å². The van der Waals surface area contributed by atoms with Gasteiger partial charge in [0.2, 0.25) is 0 Å². The topological polar surface area (TPSA) is 57.6 Å². The van der Waals surface area contributed by atoms with Crippen LogP contribution in [0.3, 0.4) is 0 Å². The standard InChI is InChI=1S/C15H21NO3S/c1-3-16(10-9-14(17)18)15(19)13-7-5-12(6-8-13)11-20-4-2/h5-8H,3-4,9-11H2,1-2H3,(H,17,18). The number of carboxylic acids is 1. The average Bonchev–Trinajstić information content (AvgIpc) is 2.45. The summed E-state index contributed by atoms with van der Waals surface area (Å²) in [7, 11) is 0. The first-order chi connectivity index (χ1) is 9.58. The Morgan fingerprint density at radius 1 is 1.20 bits per heavy atom. The molecule has 0 aliphatic heterocycles. The summed E-state index contributed by atoms with van der Waals surface area (Å²) >= 11 is 1.84. The summed E-state index contributed by atoms with van der Waals surface area (Å²) in [5, 5.41) is 8.69. The molecule has 4 nitrogen and oxygen atoms in total. The first-order valence-corrected chi connectivity index (χ1v) is 7.91. The third-order valence-electron chi connectivity index (χ3n) is 2.94. The van der Waals surface area contributed by atoms with Gasteiger partial charge in [0.05, 0.1) is 6.42 Å². The van der Waals surface area contributed by atoms with E-state index in [1.165, 1.54) is 5.56 Å². The van der Waals surface area contributed by atoms with Gasteiger partial charge in [0.25, 0.3) is 5.91 Å². The van der Waals surface area contributed by atoms with Crippen molar-refractivity contribution in [3.63, 3.8) is 0 Å². The Balaban J connectivity index is 2.67. The van der Waals surface area contributed by atoms with E-state index in [-0.39, 0.29) is 18.9 Å². The van der Waals surface area contributed by atoms with E-state index >= 15 is 0 Å². The van der Waals surface area contributed by atoms with Gasteiger partial charge in [0.15, 0.2) is 0 Å². The predicted octanol–water partition coefficient (Wildman–Crippen LogP) is 2.88. The number of nitrogens with zero attached hydrogens (tertiary/aromatic N) is 1. The van der Waals surface area contributed by atoms with Crippen molar-refractivity contribution < 1.29 is 14.7 Å². The lowest BCUT2D eigenvalue weighted by Gasteiger charge is -2.20. The van der Waals surface area contributed by atoms with Gasteiger partial charge >= 0.3 is 5.97 Å². The van der Waals surface area contributed by atoms with Crippen LogP contribution in [0.15, 0.2) is 24.3 Å². The Labute approximate surface area is 124 Å². The molecule has 5 heteroatoms. The molecule has 0 spiro atoms. The minimum atomic E-state index is -0.886. The van der Waals surface area contributed by atoms with Gasteiger partial charge in [-0.1, -0.05) is 19.1 Å². The fraction of sp³-hybridized carbons (Fsp3) is 0.467. The first kappa shape index (κ1) is 16.6. The Hall–Kier alpha value is -1.49. The smallest absolute Gasteiger partial charge is 0.305 e. The number of hydrogen-bond donors (Lipinski definition) is 1. The molecule has 0 unspecified atom stereocenters. The number of hydrogen-bond acceptors (Lipinski definition) is 3. The monoisotopic (exact) mass is 295 g/mol. The van der Waals surface area contributed by atoms with Crippen LogP contribution < -0.4 is 0 Å². The molecule has 0 aliphatic carbocycles. The molecule has 1 aromatic rings. The van der Waals surface area contributed by atoms with Gasteiger partial charge in [0, 0.05) is 24.4 Å². The van der Waals surface area contributed by atoms with Gasteiger partial charge in [-0.2, -0.15) is 11.8 Å². The zero-order valence-corrected chi connectivity index (χ0v) is 12.8. The number of carboxylic acid groups (broad SMARTS) is 1. The van der Waals surface area contributed by atoms with E-state index < -0.39 is 5.97 Å². The fourth-order valence-electron chi connectivity index (χ4n) is 1.78. The van der Waals surface area contributed by atoms with Crippen molar-refractivity contribution in [2.45, 2.75) is 26.0 Å². The van der Waals surface area contributed by atoms with E-state index in [4.69, 9.17) is 5.11 Å². The Morgan fingerprint density at radius 2 is 1.85 bits per heavy atom. The summed E-state index contributed by atoms with van der Waals surface area (Å²) in [4.78, 5) is 24.4. The number of thioether (sulfide) groups is 1. The molecule has 0 aliphatic rings. The summed E-state index contributed by atoms with van der Waals surface area (Å²) < 4.78 is 0. The van der Waals surface area contributed by atoms with E-state index in [0.29, 0.717) is 12.1 Å². The molecule has 0 bridgehead atoms. The molecule has 1 rings (SSSR count). The van der Waals surface area contributed by atoms with Crippen molar-refractivity contribution in [3.05, 3.63) is 35.4 Å². The van der Waals surface area contributed by atoms with Crippen LogP contribution in [0.4, 0.5) is 0 Å². The van der Waals surface area contributed by atoms with Crippen LogP contribution in [0, 0.1) is 0 Å². The van der Waals surface area contributed by atoms with E-state index in [9.17, 15) is 9.59 Å². The first-order valence-electron chi connectivity index (χ1n) is 6.76. The second kappa shape index (κ2) is 8.64. The number of carbonyl (C=O) groups is 2. The van der Waals surface area contributed by atoms with Gasteiger partial charge in [-0.05, 0) is 30.4 Å². The highest BCUT2D eigenvalue weighted by Crippen LogP contribution is 2.14. The summed E-state index contributed by atoms with van der Waals surface area (Å²) in [5.74, 6) is 1.02. The minimum absolute atomic E-state index is 0.0230. The van der Waals surface area contributed by atoms with Gasteiger partial charge in [0.1, 0.15) is 0 Å². The van der Waals surface area contributed by atoms with Crippen molar-refractivity contribution in [1.29, 1.82) is 0 Å². The van der Waals surface area contributed by atoms with E-state index in [2.05, 4.69) is 6.92 Å². The summed E-state index contributed by atoms with van der Waals surface area (Å²) in [6.07, 6.45) is -0.0230. The lowest BCUT2D eigenvalue weighted by Crippen LogP contribution is -2.32. The maximum absolute atomic E-state index is 12.2. The van der Waals surface area contributed by atoms with E-state index in [1.54, 1.807) is 4.90 Å². The molecule has 110 valence electrons. The number of carbonyl (C=O) groups excluding carboxylic acids is 1. The van der Waals surface area contributed by atoms with Crippen LogP contribution in [0.25, 0.3) is 0 Å². The maximum atomic E-state index is 12.2. The van der Waals surface area contributed by atoms with Gasteiger partial charge in [-0.3, -0.25) is 9.59 Å². The van der Waals surface area contributed by atoms with Crippen LogP contribution in [0.5, 0.6) is 0 Å². The van der Waals surface area contributed by atoms with Gasteiger partial charge < -0.3 is 10.0 Å². The third-order valence-corrected chi connectivity index (χ3v) is 3.88. The summed E-state index contributed by atoms with van der Waals surface area (Å²) in [6, 6.07) is 7.55. The van der Waals surface area contributed by atoms with Crippen LogP contribution in [0.1, 0.15) is 36.2 Å². The lowest BCUT2D eigenvalue weighted by molar-refractivity contribution is -0.137. The number of amides is 1. The molecule has 0 fully saturated rings. The highest BCUT2D eigenvalue weighted by molar-refractivity contribution is 7.98. The van der Waals surface area contributed by atoms with Gasteiger partial charge in [-0.25, -0.2) is 0 Å². The second-order valence-corrected chi connectivity index (χ2v) is 5.64. The highest BCUT2D eigenvalue weighted by atomic mass is 32.2. The molecule has 0 atom stereocenters. The SMILES string of the molecule is CCSCc1ccc(C(=O)N(CC)CCC(=O)O)cc1. The minimum Gasteiger partial charge on any atom is -0.481 e. The molecule has 1 amide bonds. The Kier molecular flexibility index (Phi) is 7.15. The third kappa shape index (κ3) is 5.25. The van der Waals surface area contributed by atoms with Crippen molar-refractivity contribution in [2.75, 3.05) is 18.8 Å². The molecule has 0 aromatic heterocycles. The number of rotatable bonds is 8. The zero-order chi connectivity index (χ0) is 15.0. The second-order valence-electron chi connectivity index (χ2n) is 4.36.